The van der Waals surface area contributed by atoms with Gasteiger partial charge in [0.2, 0.25) is 11.8 Å². The third-order valence-electron chi connectivity index (χ3n) is 6.23. The average molecular weight is 392 g/mol. The zero-order chi connectivity index (χ0) is 20.4. The molecule has 2 aromatic carbocycles. The van der Waals surface area contributed by atoms with Crippen LogP contribution < -0.4 is 15.0 Å². The molecule has 2 amide bonds. The number of para-hydroxylation sites is 1. The highest BCUT2D eigenvalue weighted by Gasteiger charge is 2.37. The van der Waals surface area contributed by atoms with Crippen molar-refractivity contribution in [3.05, 3.63) is 54.1 Å². The molecule has 0 bridgehead atoms. The summed E-state index contributed by atoms with van der Waals surface area (Å²) in [5.74, 6) is 0.924. The number of fused-ring (bicyclic) bond motifs is 1. The zero-order valence-electron chi connectivity index (χ0n) is 17.1. The van der Waals surface area contributed by atoms with Gasteiger partial charge in [-0.1, -0.05) is 24.3 Å². The van der Waals surface area contributed by atoms with Crippen molar-refractivity contribution in [3.8, 4) is 5.75 Å². The molecule has 2 aliphatic rings. The van der Waals surface area contributed by atoms with Crippen LogP contribution in [-0.4, -0.2) is 25.0 Å². The van der Waals surface area contributed by atoms with Gasteiger partial charge in [0.1, 0.15) is 5.75 Å². The van der Waals surface area contributed by atoms with Crippen molar-refractivity contribution in [1.29, 1.82) is 0 Å². The largest absolute Gasteiger partial charge is 0.497 e. The Morgan fingerprint density at radius 3 is 2.48 bits per heavy atom. The van der Waals surface area contributed by atoms with Gasteiger partial charge >= 0.3 is 0 Å². The number of anilines is 2. The summed E-state index contributed by atoms with van der Waals surface area (Å²) in [5, 5.41) is 2.99. The Morgan fingerprint density at radius 1 is 1.00 bits per heavy atom. The summed E-state index contributed by atoms with van der Waals surface area (Å²) in [7, 11) is 1.61. The van der Waals surface area contributed by atoms with Crippen LogP contribution in [0.3, 0.4) is 0 Å². The van der Waals surface area contributed by atoms with Gasteiger partial charge in [0.05, 0.1) is 7.11 Å². The molecule has 0 spiro atoms. The van der Waals surface area contributed by atoms with Crippen LogP contribution in [0.5, 0.6) is 5.75 Å². The van der Waals surface area contributed by atoms with Crippen LogP contribution in [0, 0.1) is 11.8 Å². The molecule has 1 atom stereocenters. The first kappa shape index (κ1) is 19.5. The van der Waals surface area contributed by atoms with E-state index in [0.717, 1.165) is 49.2 Å². The number of carbonyl (C=O) groups excluding carboxylic acids is 2. The molecule has 152 valence electrons. The normalized spacial score (nSPS) is 23.4. The number of hydrogen-bond acceptors (Lipinski definition) is 3. The van der Waals surface area contributed by atoms with E-state index in [0.29, 0.717) is 0 Å². The lowest BCUT2D eigenvalue weighted by Crippen LogP contribution is -2.42. The fourth-order valence-corrected chi connectivity index (χ4v) is 4.65. The second-order valence-corrected chi connectivity index (χ2v) is 8.16. The molecule has 5 nitrogen and oxygen atoms in total. The SMILES string of the molecule is COc1cccc(NC(=O)C2CCC(C(=O)N3c4ccccc4CC3C)CC2)c1. The van der Waals surface area contributed by atoms with Crippen LogP contribution in [-0.2, 0) is 16.0 Å². The van der Waals surface area contributed by atoms with E-state index in [2.05, 4.69) is 18.3 Å². The molecule has 1 fully saturated rings. The summed E-state index contributed by atoms with van der Waals surface area (Å²) < 4.78 is 5.21. The summed E-state index contributed by atoms with van der Waals surface area (Å²) >= 11 is 0. The Kier molecular flexibility index (Phi) is 5.56. The summed E-state index contributed by atoms with van der Waals surface area (Å²) in [4.78, 5) is 27.9. The Balaban J connectivity index is 1.35. The maximum absolute atomic E-state index is 13.2. The second-order valence-electron chi connectivity index (χ2n) is 8.16. The van der Waals surface area contributed by atoms with Crippen molar-refractivity contribution in [1.82, 2.24) is 0 Å². The minimum atomic E-state index is -0.0476. The smallest absolute Gasteiger partial charge is 0.230 e. The number of nitrogens with one attached hydrogen (secondary N) is 1. The minimum Gasteiger partial charge on any atom is -0.497 e. The summed E-state index contributed by atoms with van der Waals surface area (Å²) in [6, 6.07) is 15.8. The second kappa shape index (κ2) is 8.27. The number of methoxy groups -OCH3 is 1. The molecular formula is C24H28N2O3. The molecule has 29 heavy (non-hydrogen) atoms. The van der Waals surface area contributed by atoms with Crippen LogP contribution in [0.1, 0.15) is 38.2 Å². The molecule has 4 rings (SSSR count). The first-order valence-corrected chi connectivity index (χ1v) is 10.4. The average Bonchev–Trinajstić information content (AvgIpc) is 3.09. The lowest BCUT2D eigenvalue weighted by Gasteiger charge is -2.32. The van der Waals surface area contributed by atoms with E-state index in [9.17, 15) is 9.59 Å². The number of carbonyl (C=O) groups is 2. The van der Waals surface area contributed by atoms with Crippen LogP contribution in [0.15, 0.2) is 48.5 Å². The minimum absolute atomic E-state index is 0.00414. The number of rotatable bonds is 4. The van der Waals surface area contributed by atoms with Gasteiger partial charge < -0.3 is 15.0 Å². The van der Waals surface area contributed by atoms with Crippen molar-refractivity contribution in [2.45, 2.75) is 45.1 Å². The highest BCUT2D eigenvalue weighted by molar-refractivity contribution is 5.98. The molecule has 1 aliphatic carbocycles. The topological polar surface area (TPSA) is 58.6 Å². The number of hydrogen-bond donors (Lipinski definition) is 1. The highest BCUT2D eigenvalue weighted by Crippen LogP contribution is 2.37. The first-order chi connectivity index (χ1) is 14.1. The quantitative estimate of drug-likeness (QED) is 0.838. The van der Waals surface area contributed by atoms with E-state index < -0.39 is 0 Å². The fourth-order valence-electron chi connectivity index (χ4n) is 4.65. The Bertz CT molecular complexity index is 903. The molecule has 0 radical (unpaired) electrons. The van der Waals surface area contributed by atoms with E-state index in [-0.39, 0.29) is 29.7 Å². The van der Waals surface area contributed by atoms with Gasteiger partial charge in [0, 0.05) is 35.3 Å². The maximum Gasteiger partial charge on any atom is 0.230 e. The first-order valence-electron chi connectivity index (χ1n) is 10.4. The molecule has 2 aromatic rings. The van der Waals surface area contributed by atoms with Gasteiger partial charge in [0.25, 0.3) is 0 Å². The van der Waals surface area contributed by atoms with Crippen LogP contribution in [0.2, 0.25) is 0 Å². The van der Waals surface area contributed by atoms with E-state index in [1.54, 1.807) is 7.11 Å². The molecule has 1 saturated carbocycles. The van der Waals surface area contributed by atoms with Gasteiger partial charge in [-0.25, -0.2) is 0 Å². The van der Waals surface area contributed by atoms with Crippen molar-refractivity contribution in [2.75, 3.05) is 17.3 Å². The lowest BCUT2D eigenvalue weighted by molar-refractivity contribution is -0.126. The van der Waals surface area contributed by atoms with E-state index in [1.807, 2.05) is 47.4 Å². The van der Waals surface area contributed by atoms with Gasteiger partial charge in [-0.05, 0) is 62.8 Å². The lowest BCUT2D eigenvalue weighted by atomic mass is 9.80. The standard InChI is InChI=1S/C24H28N2O3/c1-16-14-19-6-3-4-9-22(19)26(16)24(28)18-12-10-17(11-13-18)23(27)25-20-7-5-8-21(15-20)29-2/h3-9,15-18H,10-14H2,1-2H3,(H,25,27). The summed E-state index contributed by atoms with van der Waals surface area (Å²) in [6.07, 6.45) is 3.94. The fraction of sp³-hybridized carbons (Fsp3) is 0.417. The van der Waals surface area contributed by atoms with Crippen molar-refractivity contribution in [2.24, 2.45) is 11.8 Å². The Labute approximate surface area is 172 Å². The zero-order valence-corrected chi connectivity index (χ0v) is 17.1. The monoisotopic (exact) mass is 392 g/mol. The number of nitrogens with zero attached hydrogens (tertiary/aromatic N) is 1. The van der Waals surface area contributed by atoms with Crippen molar-refractivity contribution < 1.29 is 14.3 Å². The third kappa shape index (κ3) is 4.00. The van der Waals surface area contributed by atoms with E-state index in [1.165, 1.54) is 5.56 Å². The number of ether oxygens (including phenoxy) is 1. The number of benzene rings is 2. The van der Waals surface area contributed by atoms with E-state index >= 15 is 0 Å². The van der Waals surface area contributed by atoms with E-state index in [4.69, 9.17) is 4.74 Å². The molecule has 1 N–H and O–H groups in total. The van der Waals surface area contributed by atoms with Gasteiger partial charge in [-0.2, -0.15) is 0 Å². The van der Waals surface area contributed by atoms with Gasteiger partial charge in [0.15, 0.2) is 0 Å². The van der Waals surface area contributed by atoms with Crippen LogP contribution in [0.25, 0.3) is 0 Å². The Hall–Kier alpha value is -2.82. The molecule has 1 heterocycles. The molecule has 1 aliphatic heterocycles. The summed E-state index contributed by atoms with van der Waals surface area (Å²) in [6.45, 7) is 2.12. The third-order valence-corrected chi connectivity index (χ3v) is 6.23. The predicted molar refractivity (Wildman–Crippen MR) is 114 cm³/mol. The van der Waals surface area contributed by atoms with Crippen LogP contribution in [0.4, 0.5) is 11.4 Å². The molecule has 5 heteroatoms. The Morgan fingerprint density at radius 2 is 1.72 bits per heavy atom. The highest BCUT2D eigenvalue weighted by atomic mass is 16.5. The van der Waals surface area contributed by atoms with Crippen molar-refractivity contribution >= 4 is 23.2 Å². The molecule has 1 unspecified atom stereocenters. The molecule has 0 saturated heterocycles. The molecule has 0 aromatic heterocycles. The van der Waals surface area contributed by atoms with Crippen molar-refractivity contribution in [3.63, 3.8) is 0 Å². The number of amides is 2. The maximum atomic E-state index is 13.2. The molecular weight excluding hydrogens is 364 g/mol. The summed E-state index contributed by atoms with van der Waals surface area (Å²) in [5.41, 5.74) is 3.05. The van der Waals surface area contributed by atoms with Gasteiger partial charge in [-0.3, -0.25) is 9.59 Å². The van der Waals surface area contributed by atoms with Gasteiger partial charge in [-0.15, -0.1) is 0 Å². The predicted octanol–water partition coefficient (Wildman–Crippen LogP) is 4.42. The van der Waals surface area contributed by atoms with Crippen LogP contribution >= 0.6 is 0 Å².